The quantitative estimate of drug-likeness (QED) is 0.197. The van der Waals surface area contributed by atoms with Crippen LogP contribution in [0.4, 0.5) is 11.4 Å². The lowest BCUT2D eigenvalue weighted by Gasteiger charge is -2.42. The molecule has 0 radical (unpaired) electrons. The second-order valence-corrected chi connectivity index (χ2v) is 14.0. The molecule has 2 nitrogen and oxygen atoms in total. The van der Waals surface area contributed by atoms with Crippen molar-refractivity contribution >= 4 is 11.4 Å². The Balaban J connectivity index is 1.19. The highest BCUT2D eigenvalue weighted by atomic mass is 14.5. The fourth-order valence-electron chi connectivity index (χ4n) is 7.92. The average Bonchev–Trinajstić information content (AvgIpc) is 3.04. The van der Waals surface area contributed by atoms with Gasteiger partial charge in [0.15, 0.2) is 0 Å². The summed E-state index contributed by atoms with van der Waals surface area (Å²) >= 11 is 0. The summed E-state index contributed by atoms with van der Waals surface area (Å²) in [4.78, 5) is 0. The second kappa shape index (κ2) is 13.4. The standard InChI is InChI=1S/C41H50N2/c1-30-2-4-31(5-3-30)6-7-32-24-26-41(27-25-32,37-16-8-33(9-17-37)28-35-12-20-39(42)21-13-35)38-18-10-34(11-19-38)29-36-14-22-40(43)23-15-36/h8-23,30-32H,2-7,24-29,42-43H2,1H3. The molecule has 6 rings (SSSR count). The third-order valence-corrected chi connectivity index (χ3v) is 10.9. The molecule has 2 heteroatoms. The maximum Gasteiger partial charge on any atom is 0.0314 e. The van der Waals surface area contributed by atoms with Crippen LogP contribution in [0.5, 0.6) is 0 Å². The smallest absolute Gasteiger partial charge is 0.0314 e. The van der Waals surface area contributed by atoms with Crippen LogP contribution in [0, 0.1) is 17.8 Å². The maximum atomic E-state index is 5.91. The van der Waals surface area contributed by atoms with Crippen LogP contribution in [-0.2, 0) is 18.3 Å². The lowest BCUT2D eigenvalue weighted by Crippen LogP contribution is -2.33. The van der Waals surface area contributed by atoms with Crippen LogP contribution in [-0.4, -0.2) is 0 Å². The third kappa shape index (κ3) is 7.35. The van der Waals surface area contributed by atoms with Crippen molar-refractivity contribution in [2.45, 2.75) is 89.4 Å². The molecule has 2 aliphatic rings. The van der Waals surface area contributed by atoms with Crippen LogP contribution in [0.15, 0.2) is 97.1 Å². The topological polar surface area (TPSA) is 52.0 Å². The fraction of sp³-hybridized carbons (Fsp3) is 0.415. The van der Waals surface area contributed by atoms with Gasteiger partial charge in [0.2, 0.25) is 0 Å². The number of nitrogens with two attached hydrogens (primary N) is 2. The van der Waals surface area contributed by atoms with Crippen molar-refractivity contribution in [3.63, 3.8) is 0 Å². The molecule has 0 spiro atoms. The van der Waals surface area contributed by atoms with Crippen LogP contribution in [0.1, 0.15) is 105 Å². The second-order valence-electron chi connectivity index (χ2n) is 14.0. The van der Waals surface area contributed by atoms with E-state index >= 15 is 0 Å². The Kier molecular flexibility index (Phi) is 9.22. The molecule has 0 amide bonds. The SMILES string of the molecule is CC1CCC(CCC2CCC(c3ccc(Cc4ccc(N)cc4)cc3)(c3ccc(Cc4ccc(N)cc4)cc3)CC2)CC1. The normalized spacial score (nSPS) is 20.6. The van der Waals surface area contributed by atoms with Gasteiger partial charge in [-0.3, -0.25) is 0 Å². The summed E-state index contributed by atoms with van der Waals surface area (Å²) < 4.78 is 0. The summed E-state index contributed by atoms with van der Waals surface area (Å²) in [5.41, 5.74) is 21.9. The highest BCUT2D eigenvalue weighted by Gasteiger charge is 2.38. The molecule has 2 saturated carbocycles. The molecular formula is C41H50N2. The summed E-state index contributed by atoms with van der Waals surface area (Å²) in [7, 11) is 0. The van der Waals surface area contributed by atoms with Gasteiger partial charge in [-0.05, 0) is 114 Å². The van der Waals surface area contributed by atoms with Crippen molar-refractivity contribution < 1.29 is 0 Å². The first-order valence-corrected chi connectivity index (χ1v) is 16.8. The van der Waals surface area contributed by atoms with Crippen molar-refractivity contribution in [3.05, 3.63) is 130 Å². The van der Waals surface area contributed by atoms with Gasteiger partial charge in [0.1, 0.15) is 0 Å². The zero-order chi connectivity index (χ0) is 29.6. The van der Waals surface area contributed by atoms with Gasteiger partial charge in [-0.15, -0.1) is 0 Å². The molecular weight excluding hydrogens is 520 g/mol. The Labute approximate surface area is 259 Å². The molecule has 2 fully saturated rings. The van der Waals surface area contributed by atoms with E-state index in [0.717, 1.165) is 42.0 Å². The van der Waals surface area contributed by atoms with Crippen molar-refractivity contribution in [2.24, 2.45) is 17.8 Å². The lowest BCUT2D eigenvalue weighted by molar-refractivity contribution is 0.218. The van der Waals surface area contributed by atoms with Crippen molar-refractivity contribution in [1.29, 1.82) is 0 Å². The van der Waals surface area contributed by atoms with Gasteiger partial charge in [0.25, 0.3) is 0 Å². The predicted octanol–water partition coefficient (Wildman–Crippen LogP) is 10.1. The van der Waals surface area contributed by atoms with Gasteiger partial charge in [0, 0.05) is 16.8 Å². The van der Waals surface area contributed by atoms with Crippen LogP contribution >= 0.6 is 0 Å². The summed E-state index contributed by atoms with van der Waals surface area (Å²) in [5, 5.41) is 0. The minimum absolute atomic E-state index is 0.0935. The Bertz CT molecular complexity index is 1330. The summed E-state index contributed by atoms with van der Waals surface area (Å²) in [6.07, 6.45) is 15.7. The average molecular weight is 571 g/mol. The Morgan fingerprint density at radius 2 is 0.837 bits per heavy atom. The Hall–Kier alpha value is -3.52. The minimum Gasteiger partial charge on any atom is -0.399 e. The van der Waals surface area contributed by atoms with Crippen molar-refractivity contribution in [2.75, 3.05) is 11.5 Å². The molecule has 0 unspecified atom stereocenters. The van der Waals surface area contributed by atoms with Gasteiger partial charge in [-0.1, -0.05) is 118 Å². The zero-order valence-electron chi connectivity index (χ0n) is 26.1. The van der Waals surface area contributed by atoms with Crippen LogP contribution in [0.25, 0.3) is 0 Å². The first-order valence-electron chi connectivity index (χ1n) is 16.8. The number of nitrogen functional groups attached to an aromatic ring is 2. The molecule has 4 aromatic rings. The van der Waals surface area contributed by atoms with E-state index in [1.165, 1.54) is 97.6 Å². The van der Waals surface area contributed by atoms with E-state index in [1.54, 1.807) is 0 Å². The van der Waals surface area contributed by atoms with Gasteiger partial charge in [0.05, 0.1) is 0 Å². The van der Waals surface area contributed by atoms with Gasteiger partial charge < -0.3 is 11.5 Å². The summed E-state index contributed by atoms with van der Waals surface area (Å²) in [6.45, 7) is 2.44. The van der Waals surface area contributed by atoms with Gasteiger partial charge >= 0.3 is 0 Å². The molecule has 0 bridgehead atoms. The molecule has 0 aliphatic heterocycles. The largest absolute Gasteiger partial charge is 0.399 e. The third-order valence-electron chi connectivity index (χ3n) is 10.9. The van der Waals surface area contributed by atoms with E-state index in [9.17, 15) is 0 Å². The molecule has 0 atom stereocenters. The number of hydrogen-bond acceptors (Lipinski definition) is 2. The van der Waals surface area contributed by atoms with Crippen LogP contribution < -0.4 is 11.5 Å². The zero-order valence-corrected chi connectivity index (χ0v) is 26.1. The maximum absolute atomic E-state index is 5.91. The van der Waals surface area contributed by atoms with E-state index in [-0.39, 0.29) is 5.41 Å². The van der Waals surface area contributed by atoms with Crippen molar-refractivity contribution in [3.8, 4) is 0 Å². The molecule has 0 aromatic heterocycles. The van der Waals surface area contributed by atoms with E-state index < -0.39 is 0 Å². The highest BCUT2D eigenvalue weighted by molar-refractivity contribution is 5.45. The molecule has 4 aromatic carbocycles. The van der Waals surface area contributed by atoms with Crippen LogP contribution in [0.2, 0.25) is 0 Å². The molecule has 0 saturated heterocycles. The molecule has 4 N–H and O–H groups in total. The predicted molar refractivity (Wildman–Crippen MR) is 183 cm³/mol. The monoisotopic (exact) mass is 570 g/mol. The first-order chi connectivity index (χ1) is 20.9. The molecule has 2 aliphatic carbocycles. The summed E-state index contributed by atoms with van der Waals surface area (Å²) in [5.74, 6) is 2.80. The van der Waals surface area contributed by atoms with E-state index in [1.807, 2.05) is 24.3 Å². The van der Waals surface area contributed by atoms with Crippen molar-refractivity contribution in [1.82, 2.24) is 0 Å². The number of benzene rings is 4. The molecule has 43 heavy (non-hydrogen) atoms. The number of anilines is 2. The van der Waals surface area contributed by atoms with Gasteiger partial charge in [-0.25, -0.2) is 0 Å². The van der Waals surface area contributed by atoms with E-state index in [2.05, 4.69) is 79.7 Å². The first kappa shape index (κ1) is 29.5. The lowest BCUT2D eigenvalue weighted by atomic mass is 9.62. The molecule has 224 valence electrons. The summed E-state index contributed by atoms with van der Waals surface area (Å²) in [6, 6.07) is 35.7. The highest BCUT2D eigenvalue weighted by Crippen LogP contribution is 2.48. The Morgan fingerprint density at radius 1 is 0.488 bits per heavy atom. The minimum atomic E-state index is 0.0935. The van der Waals surface area contributed by atoms with E-state index in [4.69, 9.17) is 11.5 Å². The van der Waals surface area contributed by atoms with Gasteiger partial charge in [-0.2, -0.15) is 0 Å². The molecule has 0 heterocycles. The number of hydrogen-bond donors (Lipinski definition) is 2. The number of rotatable bonds is 9. The van der Waals surface area contributed by atoms with E-state index in [0.29, 0.717) is 0 Å². The fourth-order valence-corrected chi connectivity index (χ4v) is 7.92. The Morgan fingerprint density at radius 3 is 1.23 bits per heavy atom. The van der Waals surface area contributed by atoms with Crippen LogP contribution in [0.3, 0.4) is 0 Å².